The maximum Gasteiger partial charge on any atom is 0.0918 e. The lowest BCUT2D eigenvalue weighted by atomic mass is 10.3. The van der Waals surface area contributed by atoms with Crippen molar-refractivity contribution in [3.63, 3.8) is 0 Å². The third-order valence-corrected chi connectivity index (χ3v) is 4.42. The molecule has 0 saturated carbocycles. The Bertz CT molecular complexity index is 224. The van der Waals surface area contributed by atoms with Crippen LogP contribution < -0.4 is 4.50 Å². The van der Waals surface area contributed by atoms with E-state index in [4.69, 9.17) is 0 Å². The molecule has 0 aliphatic carbocycles. The van der Waals surface area contributed by atoms with Crippen LogP contribution in [-0.2, 0) is 0 Å². The molecule has 2 heterocycles. The molecule has 2 heteroatoms. The highest BCUT2D eigenvalue weighted by Gasteiger charge is 2.03. The Hall–Kier alpha value is -0.343. The van der Waals surface area contributed by atoms with E-state index in [0.717, 1.165) is 0 Å². The van der Waals surface area contributed by atoms with Gasteiger partial charge in [-0.1, -0.05) is 11.8 Å². The highest BCUT2D eigenvalue weighted by atomic mass is 32.1. The van der Waals surface area contributed by atoms with E-state index in [0.29, 0.717) is 0 Å². The van der Waals surface area contributed by atoms with Gasteiger partial charge in [-0.25, -0.2) is 0 Å². The van der Waals surface area contributed by atoms with Crippen LogP contribution in [0.15, 0.2) is 17.1 Å². The Morgan fingerprint density at radius 1 is 1.50 bits per heavy atom. The summed E-state index contributed by atoms with van der Waals surface area (Å²) in [7, 11) is 0.0718. The van der Waals surface area contributed by atoms with Gasteiger partial charge in [0.05, 0.1) is 9.52 Å². The lowest BCUT2D eigenvalue weighted by molar-refractivity contribution is 1.96. The number of hydrogen-bond donors (Lipinski definition) is 0. The second-order valence-electron chi connectivity index (χ2n) is 1.91. The third kappa shape index (κ3) is 0.500. The first-order valence-electron chi connectivity index (χ1n) is 2.70. The number of hydrogen-bond acceptors (Lipinski definition) is 1. The Morgan fingerprint density at radius 2 is 2.50 bits per heavy atom. The molecule has 0 amide bonds. The van der Waals surface area contributed by atoms with Gasteiger partial charge in [-0.3, -0.25) is 0 Å². The highest BCUT2D eigenvalue weighted by Crippen LogP contribution is 2.08. The molecular weight excluding hydrogens is 132 g/mol. The summed E-state index contributed by atoms with van der Waals surface area (Å²) < 4.78 is 1.66. The smallest absolute Gasteiger partial charge is 0.0918 e. The third-order valence-electron chi connectivity index (χ3n) is 1.38. The lowest BCUT2D eigenvalue weighted by Gasteiger charge is -1.79. The van der Waals surface area contributed by atoms with Crippen LogP contribution in [0.3, 0.4) is 0 Å². The van der Waals surface area contributed by atoms with E-state index < -0.39 is 0 Å². The van der Waals surface area contributed by atoms with Crippen molar-refractivity contribution in [1.29, 1.82) is 0 Å². The van der Waals surface area contributed by atoms with Crippen LogP contribution >= 0.6 is 11.3 Å². The minimum Gasteiger partial charge on any atom is -0.153 e. The molecule has 1 aliphatic heterocycles. The predicted octanol–water partition coefficient (Wildman–Crippen LogP) is 0.526. The van der Waals surface area contributed by atoms with E-state index in [-0.39, 0.29) is 9.52 Å². The summed E-state index contributed by atoms with van der Waals surface area (Å²) in [4.78, 5) is 0. The summed E-state index contributed by atoms with van der Waals surface area (Å²) >= 11 is 1.91. The van der Waals surface area contributed by atoms with Crippen LogP contribution in [-0.4, -0.2) is 9.52 Å². The molecule has 0 bridgehead atoms. The molecule has 2 rings (SSSR count). The first kappa shape index (κ1) is 4.53. The van der Waals surface area contributed by atoms with Gasteiger partial charge in [0.2, 0.25) is 0 Å². The Balaban J connectivity index is 2.67. The number of fused-ring (bicyclic) bond motifs is 1. The number of rotatable bonds is 0. The van der Waals surface area contributed by atoms with E-state index in [2.05, 4.69) is 23.2 Å². The van der Waals surface area contributed by atoms with Crippen LogP contribution in [0.25, 0.3) is 6.08 Å². The van der Waals surface area contributed by atoms with Crippen LogP contribution in [0.2, 0.25) is 0 Å². The zero-order valence-corrected chi connectivity index (χ0v) is 6.66. The van der Waals surface area contributed by atoms with Crippen molar-refractivity contribution in [2.45, 2.75) is 0 Å². The lowest BCUT2D eigenvalue weighted by Crippen LogP contribution is -2.02. The summed E-state index contributed by atoms with van der Waals surface area (Å²) in [6.45, 7) is 0. The molecule has 0 aromatic carbocycles. The molecule has 0 radical (unpaired) electrons. The van der Waals surface area contributed by atoms with Crippen molar-refractivity contribution >= 4 is 31.4 Å². The summed E-state index contributed by atoms with van der Waals surface area (Å²) in [5.41, 5.74) is 3.84. The summed E-state index contributed by atoms with van der Waals surface area (Å²) in [5, 5.41) is 2.18. The Kier molecular flexibility index (Phi) is 0.887. The topological polar surface area (TPSA) is 0 Å². The maximum atomic E-state index is 2.35. The van der Waals surface area contributed by atoms with E-state index in [1.807, 2.05) is 11.3 Å². The van der Waals surface area contributed by atoms with Gasteiger partial charge in [0.15, 0.2) is 0 Å². The second-order valence-corrected chi connectivity index (χ2v) is 5.01. The summed E-state index contributed by atoms with van der Waals surface area (Å²) in [5.74, 6) is 0. The van der Waals surface area contributed by atoms with Gasteiger partial charge in [0.25, 0.3) is 0 Å². The fraction of sp³-hybridized carbons (Fsp3) is 0. The highest BCUT2D eigenvalue weighted by molar-refractivity contribution is 7.21. The van der Waals surface area contributed by atoms with Crippen molar-refractivity contribution < 1.29 is 0 Å². The van der Waals surface area contributed by atoms with Gasteiger partial charge >= 0.3 is 0 Å². The van der Waals surface area contributed by atoms with Crippen molar-refractivity contribution in [3.8, 4) is 0 Å². The van der Waals surface area contributed by atoms with Gasteiger partial charge in [-0.05, 0) is 21.5 Å². The molecule has 0 unspecified atom stereocenters. The van der Waals surface area contributed by atoms with Gasteiger partial charge in [0.1, 0.15) is 0 Å². The van der Waals surface area contributed by atoms with E-state index in [9.17, 15) is 0 Å². The van der Waals surface area contributed by atoms with Crippen LogP contribution in [0, 0.1) is 0 Å². The number of thiophene rings is 1. The van der Waals surface area contributed by atoms with Crippen molar-refractivity contribution in [2.75, 3.05) is 0 Å². The van der Waals surface area contributed by atoms with Crippen molar-refractivity contribution in [3.05, 3.63) is 22.7 Å². The van der Waals surface area contributed by atoms with E-state index >= 15 is 0 Å². The van der Waals surface area contributed by atoms with Gasteiger partial charge in [-0.15, -0.1) is 0 Å². The van der Waals surface area contributed by atoms with Gasteiger partial charge < -0.3 is 0 Å². The SMILES string of the molecule is C1=Cc2ccsc2[SiH2]1. The largest absolute Gasteiger partial charge is 0.153 e. The predicted molar refractivity (Wildman–Crippen MR) is 41.5 cm³/mol. The first-order valence-corrected chi connectivity index (χ1v) is 5.10. The normalized spacial score (nSPS) is 17.5. The molecule has 40 valence electrons. The maximum absolute atomic E-state index is 2.35. The molecule has 0 saturated heterocycles. The van der Waals surface area contributed by atoms with Crippen LogP contribution in [0.4, 0.5) is 0 Å². The molecule has 8 heavy (non-hydrogen) atoms. The zero-order chi connectivity index (χ0) is 5.40. The molecule has 0 N–H and O–H groups in total. The molecule has 0 atom stereocenters. The molecule has 1 aliphatic rings. The molecule has 0 fully saturated rings. The minimum atomic E-state index is 0.0718. The van der Waals surface area contributed by atoms with Crippen molar-refractivity contribution in [1.82, 2.24) is 0 Å². The second kappa shape index (κ2) is 1.57. The van der Waals surface area contributed by atoms with Gasteiger partial charge in [-0.2, -0.15) is 11.3 Å². The first-order chi connectivity index (χ1) is 3.97. The van der Waals surface area contributed by atoms with E-state index in [1.165, 1.54) is 5.56 Å². The average Bonchev–Trinajstić information content (AvgIpc) is 2.15. The zero-order valence-electron chi connectivity index (χ0n) is 4.42. The molecule has 0 spiro atoms. The Morgan fingerprint density at radius 3 is 3.38 bits per heavy atom. The van der Waals surface area contributed by atoms with Gasteiger partial charge in [0, 0.05) is 0 Å². The molecular formula is C6H6SSi. The summed E-state index contributed by atoms with van der Waals surface area (Å²) in [6.07, 6.45) is 2.25. The monoisotopic (exact) mass is 138 g/mol. The fourth-order valence-corrected chi connectivity index (χ4v) is 3.63. The minimum absolute atomic E-state index is 0.0718. The Labute approximate surface area is 54.7 Å². The van der Waals surface area contributed by atoms with Crippen LogP contribution in [0.5, 0.6) is 0 Å². The fourth-order valence-electron chi connectivity index (χ4n) is 0.958. The summed E-state index contributed by atoms with van der Waals surface area (Å²) in [6, 6.07) is 2.20. The quantitative estimate of drug-likeness (QED) is 0.459. The molecule has 1 aromatic heterocycles. The van der Waals surface area contributed by atoms with Crippen LogP contribution in [0.1, 0.15) is 5.56 Å². The average molecular weight is 138 g/mol. The standard InChI is InChI=1S/C6H6SSi/c1-3-7-6-5(1)2-4-8-6/h1-4H,8H2. The molecule has 0 nitrogen and oxygen atoms in total. The molecule has 1 aromatic rings. The van der Waals surface area contributed by atoms with E-state index in [1.54, 1.807) is 4.50 Å². The van der Waals surface area contributed by atoms with Crippen molar-refractivity contribution in [2.24, 2.45) is 0 Å².